The van der Waals surface area contributed by atoms with Gasteiger partial charge in [-0.2, -0.15) is 0 Å². The summed E-state index contributed by atoms with van der Waals surface area (Å²) < 4.78 is 0. The first-order valence-corrected chi connectivity index (χ1v) is 6.39. The van der Waals surface area contributed by atoms with Crippen LogP contribution in [0, 0.1) is 17.8 Å². The van der Waals surface area contributed by atoms with Gasteiger partial charge >= 0.3 is 5.97 Å². The van der Waals surface area contributed by atoms with Crippen LogP contribution in [0.4, 0.5) is 0 Å². The SMILES string of the molecule is CCC(O)(C(=O)O)C1CCCCC1C(C)C. The van der Waals surface area contributed by atoms with E-state index in [1.54, 1.807) is 6.92 Å². The number of aliphatic carboxylic acids is 1. The molecule has 0 saturated heterocycles. The highest BCUT2D eigenvalue weighted by Crippen LogP contribution is 2.42. The maximum Gasteiger partial charge on any atom is 0.335 e. The molecule has 3 atom stereocenters. The molecule has 0 radical (unpaired) electrons. The molecular formula is C13H24O3. The first-order chi connectivity index (χ1) is 7.43. The Morgan fingerprint density at radius 2 is 1.94 bits per heavy atom. The second-order valence-corrected chi connectivity index (χ2v) is 5.38. The van der Waals surface area contributed by atoms with Gasteiger partial charge in [-0.3, -0.25) is 0 Å². The lowest BCUT2D eigenvalue weighted by Gasteiger charge is -2.42. The fourth-order valence-corrected chi connectivity index (χ4v) is 3.12. The summed E-state index contributed by atoms with van der Waals surface area (Å²) in [7, 11) is 0. The van der Waals surface area contributed by atoms with E-state index in [9.17, 15) is 15.0 Å². The molecule has 1 fully saturated rings. The Balaban J connectivity index is 2.92. The standard InChI is InChI=1S/C13H24O3/c1-4-13(16,12(14)15)11-8-6-5-7-10(11)9(2)3/h9-11,16H,4-8H2,1-3H3,(H,14,15). The maximum atomic E-state index is 11.3. The van der Waals surface area contributed by atoms with Gasteiger partial charge in [-0.1, -0.05) is 33.6 Å². The van der Waals surface area contributed by atoms with E-state index in [2.05, 4.69) is 13.8 Å². The molecule has 2 N–H and O–H groups in total. The molecule has 0 aromatic heterocycles. The topological polar surface area (TPSA) is 57.5 Å². The fraction of sp³-hybridized carbons (Fsp3) is 0.923. The first kappa shape index (κ1) is 13.5. The lowest BCUT2D eigenvalue weighted by atomic mass is 9.65. The van der Waals surface area contributed by atoms with Crippen molar-refractivity contribution in [2.75, 3.05) is 0 Å². The van der Waals surface area contributed by atoms with Gasteiger partial charge in [-0.05, 0) is 31.1 Å². The van der Waals surface area contributed by atoms with Crippen LogP contribution in [0.15, 0.2) is 0 Å². The largest absolute Gasteiger partial charge is 0.479 e. The van der Waals surface area contributed by atoms with E-state index in [1.165, 1.54) is 6.42 Å². The Bertz CT molecular complexity index is 250. The smallest absolute Gasteiger partial charge is 0.335 e. The minimum atomic E-state index is -1.52. The third kappa shape index (κ3) is 2.40. The van der Waals surface area contributed by atoms with Gasteiger partial charge in [0.1, 0.15) is 0 Å². The van der Waals surface area contributed by atoms with E-state index in [0.717, 1.165) is 19.3 Å². The molecule has 0 aromatic carbocycles. The highest BCUT2D eigenvalue weighted by Gasteiger charge is 2.47. The molecule has 0 aromatic rings. The highest BCUT2D eigenvalue weighted by atomic mass is 16.4. The van der Waals surface area contributed by atoms with Crippen molar-refractivity contribution < 1.29 is 15.0 Å². The minimum absolute atomic E-state index is 0.0799. The molecule has 1 aliphatic rings. The molecule has 3 heteroatoms. The summed E-state index contributed by atoms with van der Waals surface area (Å²) in [5.74, 6) is -0.339. The number of hydrogen-bond acceptors (Lipinski definition) is 2. The molecule has 16 heavy (non-hydrogen) atoms. The summed E-state index contributed by atoms with van der Waals surface area (Å²) in [6, 6.07) is 0. The van der Waals surface area contributed by atoms with Crippen LogP contribution in [-0.2, 0) is 4.79 Å². The fourth-order valence-electron chi connectivity index (χ4n) is 3.12. The lowest BCUT2D eigenvalue weighted by Crippen LogP contribution is -2.50. The maximum absolute atomic E-state index is 11.3. The molecule has 94 valence electrons. The van der Waals surface area contributed by atoms with E-state index in [-0.39, 0.29) is 5.92 Å². The molecule has 0 amide bonds. The molecule has 0 heterocycles. The molecule has 1 saturated carbocycles. The van der Waals surface area contributed by atoms with E-state index < -0.39 is 11.6 Å². The highest BCUT2D eigenvalue weighted by molar-refractivity contribution is 5.77. The summed E-state index contributed by atoms with van der Waals surface area (Å²) in [6.45, 7) is 6.02. The van der Waals surface area contributed by atoms with Crippen molar-refractivity contribution in [3.63, 3.8) is 0 Å². The van der Waals surface area contributed by atoms with Crippen molar-refractivity contribution in [3.8, 4) is 0 Å². The van der Waals surface area contributed by atoms with Gasteiger partial charge in [-0.15, -0.1) is 0 Å². The molecule has 0 spiro atoms. The predicted octanol–water partition coefficient (Wildman–Crippen LogP) is 2.67. The van der Waals surface area contributed by atoms with Gasteiger partial charge in [0.25, 0.3) is 0 Å². The zero-order valence-corrected chi connectivity index (χ0v) is 10.6. The van der Waals surface area contributed by atoms with Crippen LogP contribution in [-0.4, -0.2) is 21.8 Å². The summed E-state index contributed by atoms with van der Waals surface area (Å²) in [4.78, 5) is 11.3. The van der Waals surface area contributed by atoms with Crippen LogP contribution in [0.2, 0.25) is 0 Å². The average molecular weight is 228 g/mol. The Morgan fingerprint density at radius 1 is 1.38 bits per heavy atom. The molecular weight excluding hydrogens is 204 g/mol. The van der Waals surface area contributed by atoms with Crippen LogP contribution >= 0.6 is 0 Å². The Labute approximate surface area is 97.9 Å². The summed E-state index contributed by atoms with van der Waals surface area (Å²) in [5, 5.41) is 19.6. The van der Waals surface area contributed by atoms with Gasteiger partial charge in [0, 0.05) is 5.92 Å². The molecule has 0 aliphatic heterocycles. The molecule has 1 aliphatic carbocycles. The number of rotatable bonds is 4. The molecule has 0 bridgehead atoms. The van der Waals surface area contributed by atoms with Crippen LogP contribution < -0.4 is 0 Å². The number of carbonyl (C=O) groups is 1. The van der Waals surface area contributed by atoms with E-state index >= 15 is 0 Å². The zero-order chi connectivity index (χ0) is 12.3. The molecule has 3 unspecified atom stereocenters. The van der Waals surface area contributed by atoms with E-state index in [0.29, 0.717) is 18.3 Å². The Kier molecular flexibility index (Phi) is 4.36. The van der Waals surface area contributed by atoms with Gasteiger partial charge in [0.05, 0.1) is 0 Å². The summed E-state index contributed by atoms with van der Waals surface area (Å²) >= 11 is 0. The van der Waals surface area contributed by atoms with Crippen molar-refractivity contribution >= 4 is 5.97 Å². The number of hydrogen-bond donors (Lipinski definition) is 2. The van der Waals surface area contributed by atoms with Crippen molar-refractivity contribution in [3.05, 3.63) is 0 Å². The minimum Gasteiger partial charge on any atom is -0.479 e. The van der Waals surface area contributed by atoms with Crippen molar-refractivity contribution in [1.82, 2.24) is 0 Å². The number of aliphatic hydroxyl groups is 1. The third-order valence-corrected chi connectivity index (χ3v) is 4.20. The van der Waals surface area contributed by atoms with Crippen molar-refractivity contribution in [2.45, 2.75) is 58.5 Å². The Morgan fingerprint density at radius 3 is 2.38 bits per heavy atom. The number of carboxylic acids is 1. The summed E-state index contributed by atoms with van der Waals surface area (Å²) in [6.07, 6.45) is 4.41. The quantitative estimate of drug-likeness (QED) is 0.777. The average Bonchev–Trinajstić information content (AvgIpc) is 2.27. The normalized spacial score (nSPS) is 30.1. The second-order valence-electron chi connectivity index (χ2n) is 5.38. The van der Waals surface area contributed by atoms with Gasteiger partial charge < -0.3 is 10.2 Å². The monoisotopic (exact) mass is 228 g/mol. The molecule has 1 rings (SSSR count). The van der Waals surface area contributed by atoms with Crippen molar-refractivity contribution in [2.24, 2.45) is 17.8 Å². The van der Waals surface area contributed by atoms with Gasteiger partial charge in [0.15, 0.2) is 5.60 Å². The van der Waals surface area contributed by atoms with E-state index in [1.807, 2.05) is 0 Å². The predicted molar refractivity (Wildman–Crippen MR) is 63.2 cm³/mol. The Hall–Kier alpha value is -0.570. The zero-order valence-electron chi connectivity index (χ0n) is 10.6. The first-order valence-electron chi connectivity index (χ1n) is 6.39. The van der Waals surface area contributed by atoms with Crippen LogP contribution in [0.5, 0.6) is 0 Å². The third-order valence-electron chi connectivity index (χ3n) is 4.20. The van der Waals surface area contributed by atoms with Crippen LogP contribution in [0.1, 0.15) is 52.9 Å². The van der Waals surface area contributed by atoms with Crippen molar-refractivity contribution in [1.29, 1.82) is 0 Å². The van der Waals surface area contributed by atoms with E-state index in [4.69, 9.17) is 0 Å². The van der Waals surface area contributed by atoms with Crippen LogP contribution in [0.3, 0.4) is 0 Å². The number of carboxylic acid groups (broad SMARTS) is 1. The second kappa shape index (κ2) is 5.17. The lowest BCUT2D eigenvalue weighted by molar-refractivity contribution is -0.171. The molecule has 3 nitrogen and oxygen atoms in total. The summed E-state index contributed by atoms with van der Waals surface area (Å²) in [5.41, 5.74) is -1.52. The van der Waals surface area contributed by atoms with Gasteiger partial charge in [0.2, 0.25) is 0 Å². The van der Waals surface area contributed by atoms with Crippen LogP contribution in [0.25, 0.3) is 0 Å². The van der Waals surface area contributed by atoms with Gasteiger partial charge in [-0.25, -0.2) is 4.79 Å².